The summed E-state index contributed by atoms with van der Waals surface area (Å²) < 4.78 is 4.90. The number of benzene rings is 1. The summed E-state index contributed by atoms with van der Waals surface area (Å²) in [4.78, 5) is 10.6. The van der Waals surface area contributed by atoms with Crippen LogP contribution in [-0.4, -0.2) is 11.1 Å². The molecule has 0 bridgehead atoms. The zero-order valence-electron chi connectivity index (χ0n) is 6.07. The van der Waals surface area contributed by atoms with Crippen LogP contribution in [0.25, 0.3) is 11.0 Å². The fraction of sp³-hybridized carbons (Fsp3) is 0. The Morgan fingerprint density at radius 1 is 1.42 bits per heavy atom. The quantitative estimate of drug-likeness (QED) is 0.695. The number of fused-ring (bicyclic) bond motifs is 1. The molecule has 0 aliphatic carbocycles. The summed E-state index contributed by atoms with van der Waals surface area (Å²) >= 11 is 0. The molecule has 0 saturated carbocycles. The van der Waals surface area contributed by atoms with Gasteiger partial charge in [0.15, 0.2) is 6.26 Å². The van der Waals surface area contributed by atoms with Crippen LogP contribution in [0.4, 0.5) is 0 Å². The zero-order valence-corrected chi connectivity index (χ0v) is 6.07. The number of hydrogen-bond acceptors (Lipinski definition) is 2. The largest absolute Gasteiger partial charge is 0.478 e. The molecule has 2 aromatic rings. The molecule has 2 rings (SSSR count). The molecule has 3 nitrogen and oxygen atoms in total. The van der Waals surface area contributed by atoms with Crippen molar-refractivity contribution in [2.24, 2.45) is 0 Å². The molecule has 59 valence electrons. The van der Waals surface area contributed by atoms with Crippen LogP contribution in [0.5, 0.6) is 0 Å². The number of furan rings is 1. The topological polar surface area (TPSA) is 50.4 Å². The summed E-state index contributed by atoms with van der Waals surface area (Å²) in [6, 6.07) is 6.94. The maximum absolute atomic E-state index is 10.6. The first-order valence-electron chi connectivity index (χ1n) is 3.41. The maximum atomic E-state index is 10.6. The molecule has 0 fully saturated rings. The van der Waals surface area contributed by atoms with Crippen LogP contribution in [0.2, 0.25) is 0 Å². The molecule has 1 N–H and O–H groups in total. The van der Waals surface area contributed by atoms with Gasteiger partial charge in [0, 0.05) is 5.39 Å². The molecule has 0 spiro atoms. The Morgan fingerprint density at radius 2 is 2.17 bits per heavy atom. The number of carbonyl (C=O) groups is 1. The summed E-state index contributed by atoms with van der Waals surface area (Å²) in [6.07, 6.45) is 2.34. The van der Waals surface area contributed by atoms with Gasteiger partial charge < -0.3 is 9.52 Å². The molecule has 1 heterocycles. The third kappa shape index (κ3) is 0.871. The fourth-order valence-corrected chi connectivity index (χ4v) is 1.08. The Hall–Kier alpha value is -1.77. The number of para-hydroxylation sites is 1. The second kappa shape index (κ2) is 2.37. The van der Waals surface area contributed by atoms with Crippen molar-refractivity contribution in [2.75, 3.05) is 0 Å². The van der Waals surface area contributed by atoms with Crippen LogP contribution in [0, 0.1) is 6.26 Å². The van der Waals surface area contributed by atoms with Gasteiger partial charge in [0.1, 0.15) is 11.1 Å². The summed E-state index contributed by atoms with van der Waals surface area (Å²) in [7, 11) is 0. The van der Waals surface area contributed by atoms with E-state index in [4.69, 9.17) is 9.52 Å². The number of hydrogen-bond donors (Lipinski definition) is 1. The summed E-state index contributed by atoms with van der Waals surface area (Å²) in [5, 5.41) is 9.27. The predicted octanol–water partition coefficient (Wildman–Crippen LogP) is 1.93. The van der Waals surface area contributed by atoms with Crippen LogP contribution in [0.15, 0.2) is 28.7 Å². The molecule has 1 aromatic carbocycles. The van der Waals surface area contributed by atoms with Crippen LogP contribution < -0.4 is 0 Å². The minimum absolute atomic E-state index is 0.0885. The van der Waals surface area contributed by atoms with E-state index in [2.05, 4.69) is 6.26 Å². The highest BCUT2D eigenvalue weighted by Gasteiger charge is 2.11. The Labute approximate surface area is 68.2 Å². The standard InChI is InChI=1S/C9H5O3/c10-9(11)7-5-12-8-4-2-1-3-6(7)8/h1-4H,(H,10,11). The van der Waals surface area contributed by atoms with E-state index in [9.17, 15) is 4.79 Å². The van der Waals surface area contributed by atoms with Crippen LogP contribution in [0.3, 0.4) is 0 Å². The number of aromatic carboxylic acids is 1. The van der Waals surface area contributed by atoms with Gasteiger partial charge in [-0.05, 0) is 6.07 Å². The Kier molecular flexibility index (Phi) is 1.37. The second-order valence-corrected chi connectivity index (χ2v) is 2.38. The van der Waals surface area contributed by atoms with E-state index in [1.165, 1.54) is 0 Å². The lowest BCUT2D eigenvalue weighted by atomic mass is 10.2. The smallest absolute Gasteiger partial charge is 0.340 e. The van der Waals surface area contributed by atoms with Gasteiger partial charge in [-0.2, -0.15) is 0 Å². The van der Waals surface area contributed by atoms with Crippen molar-refractivity contribution in [1.82, 2.24) is 0 Å². The Bertz CT molecular complexity index is 428. The molecular weight excluding hydrogens is 156 g/mol. The van der Waals surface area contributed by atoms with E-state index in [0.717, 1.165) is 0 Å². The summed E-state index contributed by atoms with van der Waals surface area (Å²) in [5.74, 6) is -1.01. The van der Waals surface area contributed by atoms with Crippen molar-refractivity contribution in [2.45, 2.75) is 0 Å². The third-order valence-electron chi connectivity index (χ3n) is 1.63. The van der Waals surface area contributed by atoms with Gasteiger partial charge in [-0.15, -0.1) is 0 Å². The first kappa shape index (κ1) is 6.91. The van der Waals surface area contributed by atoms with Gasteiger partial charge in [0.2, 0.25) is 0 Å². The molecule has 0 atom stereocenters. The number of carboxylic acids is 1. The van der Waals surface area contributed by atoms with Gasteiger partial charge in [0.25, 0.3) is 0 Å². The van der Waals surface area contributed by atoms with Crippen LogP contribution >= 0.6 is 0 Å². The Morgan fingerprint density at radius 3 is 2.92 bits per heavy atom. The monoisotopic (exact) mass is 161 g/mol. The number of rotatable bonds is 1. The van der Waals surface area contributed by atoms with E-state index >= 15 is 0 Å². The van der Waals surface area contributed by atoms with Crippen molar-refractivity contribution >= 4 is 16.9 Å². The summed E-state index contributed by atoms with van der Waals surface area (Å²) in [6.45, 7) is 0. The van der Waals surface area contributed by atoms with E-state index in [1.807, 2.05) is 0 Å². The molecule has 12 heavy (non-hydrogen) atoms. The van der Waals surface area contributed by atoms with Crippen molar-refractivity contribution in [3.8, 4) is 0 Å². The van der Waals surface area contributed by atoms with E-state index in [0.29, 0.717) is 11.0 Å². The fourth-order valence-electron chi connectivity index (χ4n) is 1.08. The van der Waals surface area contributed by atoms with Gasteiger partial charge in [-0.25, -0.2) is 4.79 Å². The second-order valence-electron chi connectivity index (χ2n) is 2.38. The van der Waals surface area contributed by atoms with Crippen molar-refractivity contribution in [3.63, 3.8) is 0 Å². The van der Waals surface area contributed by atoms with Crippen LogP contribution in [-0.2, 0) is 0 Å². The van der Waals surface area contributed by atoms with Crippen molar-refractivity contribution < 1.29 is 14.3 Å². The minimum Gasteiger partial charge on any atom is -0.478 e. The molecule has 0 aliphatic rings. The Balaban J connectivity index is 2.79. The lowest BCUT2D eigenvalue weighted by Gasteiger charge is -1.87. The molecular formula is C9H5O3. The van der Waals surface area contributed by atoms with Crippen molar-refractivity contribution in [3.05, 3.63) is 36.1 Å². The molecule has 0 unspecified atom stereocenters. The van der Waals surface area contributed by atoms with Crippen LogP contribution in [0.1, 0.15) is 10.4 Å². The highest BCUT2D eigenvalue weighted by Crippen LogP contribution is 2.19. The zero-order chi connectivity index (χ0) is 8.55. The normalized spacial score (nSPS) is 10.3. The molecule has 0 aliphatic heterocycles. The first-order valence-corrected chi connectivity index (χ1v) is 3.41. The molecule has 0 amide bonds. The number of carboxylic acid groups (broad SMARTS) is 1. The molecule has 3 heteroatoms. The summed E-state index contributed by atoms with van der Waals surface area (Å²) in [5.41, 5.74) is 0.639. The predicted molar refractivity (Wildman–Crippen MR) is 42.0 cm³/mol. The first-order chi connectivity index (χ1) is 5.79. The van der Waals surface area contributed by atoms with Gasteiger partial charge in [0.05, 0.1) is 0 Å². The maximum Gasteiger partial charge on any atom is 0.340 e. The van der Waals surface area contributed by atoms with Crippen molar-refractivity contribution in [1.29, 1.82) is 0 Å². The van der Waals surface area contributed by atoms with Gasteiger partial charge in [-0.1, -0.05) is 18.2 Å². The van der Waals surface area contributed by atoms with E-state index < -0.39 is 5.97 Å². The third-order valence-corrected chi connectivity index (χ3v) is 1.63. The van der Waals surface area contributed by atoms with E-state index in [1.54, 1.807) is 24.3 Å². The average molecular weight is 161 g/mol. The molecule has 1 aromatic heterocycles. The lowest BCUT2D eigenvalue weighted by Crippen LogP contribution is -1.93. The molecule has 1 radical (unpaired) electrons. The highest BCUT2D eigenvalue weighted by atomic mass is 16.4. The molecule has 0 saturated heterocycles. The lowest BCUT2D eigenvalue weighted by molar-refractivity contribution is 0.0697. The van der Waals surface area contributed by atoms with E-state index in [-0.39, 0.29) is 5.56 Å². The minimum atomic E-state index is -1.01. The van der Waals surface area contributed by atoms with Gasteiger partial charge >= 0.3 is 5.97 Å². The SMILES string of the molecule is O=C(O)c1[c]oc2ccccc12. The highest BCUT2D eigenvalue weighted by molar-refractivity contribution is 6.01. The van der Waals surface area contributed by atoms with Gasteiger partial charge in [-0.3, -0.25) is 0 Å². The average Bonchev–Trinajstić information content (AvgIpc) is 2.47.